The minimum Gasteiger partial charge on any atom is -0.388 e. The molecule has 25 heteroatoms. The van der Waals surface area contributed by atoms with E-state index in [0.29, 0.717) is 5.52 Å². The molecule has 0 bridgehead atoms. The zero-order valence-electron chi connectivity index (χ0n) is 26.5. The van der Waals surface area contributed by atoms with Crippen molar-refractivity contribution in [1.29, 1.82) is 0 Å². The molecule has 1 saturated heterocycles. The third-order valence-corrected chi connectivity index (χ3v) is 10.5. The largest absolute Gasteiger partial charge is 0.481 e. The molecule has 2 aromatic rings. The van der Waals surface area contributed by atoms with Gasteiger partial charge in [0.1, 0.15) is 42.4 Å². The minimum absolute atomic E-state index is 0.135. The van der Waals surface area contributed by atoms with E-state index in [1.54, 1.807) is 26.0 Å². The molecule has 1 aromatic carbocycles. The van der Waals surface area contributed by atoms with Crippen LogP contribution in [0.3, 0.4) is 0 Å². The van der Waals surface area contributed by atoms with Crippen molar-refractivity contribution >= 4 is 32.5 Å². The van der Waals surface area contributed by atoms with Crippen LogP contribution in [0.15, 0.2) is 38.8 Å². The second-order valence-electron chi connectivity index (χ2n) is 11.5. The van der Waals surface area contributed by atoms with Crippen LogP contribution in [0.4, 0.5) is 5.82 Å². The van der Waals surface area contributed by atoms with Crippen molar-refractivity contribution in [2.75, 3.05) is 18.9 Å². The number of nitrogens with zero attached hydrogens (tertiary/aromatic N) is 5. The molecule has 0 spiro atoms. The number of anilines is 1. The highest BCUT2D eigenvalue weighted by molar-refractivity contribution is 7.61. The lowest BCUT2D eigenvalue weighted by Crippen LogP contribution is -2.42. The van der Waals surface area contributed by atoms with Crippen molar-refractivity contribution in [2.45, 2.75) is 63.2 Å². The zero-order valence-corrected chi connectivity index (χ0v) is 28.3. The Labute approximate surface area is 284 Å². The Balaban J connectivity index is 1.21. The number of H-pyrrole nitrogens is 1. The van der Waals surface area contributed by atoms with Crippen LogP contribution < -0.4 is 22.7 Å². The number of rotatable bonds is 13. The molecule has 0 amide bonds. The zero-order chi connectivity index (χ0) is 37.6. The van der Waals surface area contributed by atoms with E-state index in [4.69, 9.17) is 10.5 Å². The number of aliphatic hydroxyl groups is 5. The molecule has 1 aromatic heterocycles. The number of phosphoric ester groups is 2. The van der Waals surface area contributed by atoms with Crippen LogP contribution in [0.5, 0.6) is 0 Å². The van der Waals surface area contributed by atoms with E-state index < -0.39 is 95.2 Å². The van der Waals surface area contributed by atoms with Crippen LogP contribution in [0.25, 0.3) is 22.6 Å². The van der Waals surface area contributed by atoms with Crippen molar-refractivity contribution in [2.24, 2.45) is 0 Å². The van der Waals surface area contributed by atoms with E-state index >= 15 is 0 Å². The molecule has 0 radical (unpaired) electrons. The van der Waals surface area contributed by atoms with E-state index in [1.165, 1.54) is 10.6 Å². The highest BCUT2D eigenvalue weighted by Gasteiger charge is 2.46. The van der Waals surface area contributed by atoms with E-state index in [0.717, 1.165) is 21.9 Å². The molecule has 23 nitrogen and oxygen atoms in total. The molecule has 4 heterocycles. The number of nitrogen functional groups attached to an aromatic ring is 1. The number of aromatic nitrogens is 6. The normalized spacial score (nSPS) is 23.5. The predicted octanol–water partition coefficient (Wildman–Crippen LogP) is -3.01. The van der Waals surface area contributed by atoms with Gasteiger partial charge in [-0.1, -0.05) is 0 Å². The number of hydrogen-bond donors (Lipinski definition) is 9. The molecule has 3 aliphatic rings. The maximum absolute atomic E-state index is 12.5. The van der Waals surface area contributed by atoms with Crippen LogP contribution in [-0.2, 0) is 33.8 Å². The molecule has 1 fully saturated rings. The average molecular weight is 762 g/mol. The van der Waals surface area contributed by atoms with Gasteiger partial charge in [0.25, 0.3) is 5.56 Å². The number of aryl methyl sites for hydroxylation is 2. The third kappa shape index (κ3) is 8.47. The standard InChI is InChI=1S/C26H33N7O16P2/c1-10-5-12-13(6-11(10)2)33(22-18(28-12)23(39)31-25(40)30-22)7-14(34)19(36)15(35)8-46-50(42,43)49-51(44,45)47-9-16-20(37)21(38)24(48-16)32-4-3-17(27)29-26(32)41/h3-6,14-16,19-21,24,34-38H,7-9H2,1-2H3,(H,42,43)(H,44,45)(H2,27,29,41)(H,31,39,40)/t14-,15+,16+,19-,20+,21+,24+/m0/s1. The summed E-state index contributed by atoms with van der Waals surface area (Å²) in [6.45, 7) is 0.694. The molecule has 0 saturated carbocycles. The van der Waals surface area contributed by atoms with Crippen molar-refractivity contribution in [1.82, 2.24) is 29.1 Å². The first-order chi connectivity index (χ1) is 23.8. The summed E-state index contributed by atoms with van der Waals surface area (Å²) in [7, 11) is -11.1. The maximum atomic E-state index is 12.5. The molecule has 9 atom stereocenters. The number of phosphoric acid groups is 2. The number of fused-ring (bicyclic) bond motifs is 2. The lowest BCUT2D eigenvalue weighted by Gasteiger charge is -2.26. The number of aromatic amines is 1. The van der Waals surface area contributed by atoms with Crippen molar-refractivity contribution in [3.05, 3.63) is 66.8 Å². The summed E-state index contributed by atoms with van der Waals surface area (Å²) in [6.07, 6.45) is -11.7. The average Bonchev–Trinajstić information content (AvgIpc) is 3.31. The van der Waals surface area contributed by atoms with E-state index in [1.807, 2.05) is 4.98 Å². The lowest BCUT2D eigenvalue weighted by molar-refractivity contribution is -0.0794. The van der Waals surface area contributed by atoms with Crippen LogP contribution in [0.1, 0.15) is 17.4 Å². The molecule has 3 aliphatic heterocycles. The summed E-state index contributed by atoms with van der Waals surface area (Å²) in [5, 5.41) is 52.5. The quantitative estimate of drug-likeness (QED) is 0.0484. The summed E-state index contributed by atoms with van der Waals surface area (Å²) < 4.78 is 45.5. The fourth-order valence-corrected chi connectivity index (χ4v) is 7.21. The maximum Gasteiger partial charge on any atom is 0.481 e. The van der Waals surface area contributed by atoms with Crippen LogP contribution in [-0.4, -0.2) is 114 Å². The van der Waals surface area contributed by atoms with Gasteiger partial charge in [0, 0.05) is 6.20 Å². The lowest BCUT2D eigenvalue weighted by atomic mass is 10.1. The Morgan fingerprint density at radius 2 is 1.65 bits per heavy atom. The van der Waals surface area contributed by atoms with Crippen LogP contribution in [0.2, 0.25) is 0 Å². The van der Waals surface area contributed by atoms with Crippen LogP contribution >= 0.6 is 15.6 Å². The van der Waals surface area contributed by atoms with Gasteiger partial charge in [0.05, 0.1) is 30.8 Å². The van der Waals surface area contributed by atoms with Gasteiger partial charge in [-0.3, -0.25) is 23.4 Å². The molecule has 5 rings (SSSR count). The Hall–Kier alpha value is -3.80. The van der Waals surface area contributed by atoms with Crippen molar-refractivity contribution < 1.29 is 62.5 Å². The fourth-order valence-electron chi connectivity index (χ4n) is 5.12. The Morgan fingerprint density at radius 1 is 0.980 bits per heavy atom. The van der Waals surface area contributed by atoms with E-state index in [-0.39, 0.29) is 22.9 Å². The molecular formula is C26H33N7O16P2. The smallest absolute Gasteiger partial charge is 0.388 e. The van der Waals surface area contributed by atoms with Gasteiger partial charge < -0.3 is 50.4 Å². The van der Waals surface area contributed by atoms with Gasteiger partial charge in [0.2, 0.25) is 0 Å². The van der Waals surface area contributed by atoms with Gasteiger partial charge in [0.15, 0.2) is 17.7 Å². The Morgan fingerprint density at radius 3 is 2.33 bits per heavy atom. The molecule has 51 heavy (non-hydrogen) atoms. The van der Waals surface area contributed by atoms with E-state index in [9.17, 15) is 58.8 Å². The number of ether oxygens (including phenoxy) is 1. The number of nitrogens with one attached hydrogen (secondary N) is 1. The van der Waals surface area contributed by atoms with Crippen molar-refractivity contribution in [3.63, 3.8) is 0 Å². The first-order valence-corrected chi connectivity index (χ1v) is 17.7. The SMILES string of the molecule is Cc1cc2nc3c(=O)[nH]c(=O)nc-3n(C[C@H](O)[C@H](O)[C@H](O)COP(=O)(O)OP(=O)(O)OC[C@H]3O[C@@H](n4ccc(N)nc4=O)[C@H](O)[C@@H]3O)c2cc1C. The monoisotopic (exact) mass is 761 g/mol. The summed E-state index contributed by atoms with van der Waals surface area (Å²) in [4.78, 5) is 70.1. The van der Waals surface area contributed by atoms with E-state index in [2.05, 4.69) is 28.3 Å². The number of benzene rings is 1. The highest BCUT2D eigenvalue weighted by Crippen LogP contribution is 2.60. The van der Waals surface area contributed by atoms with Gasteiger partial charge in [-0.15, -0.1) is 0 Å². The number of nitrogens with two attached hydrogens (primary N) is 1. The Kier molecular flexibility index (Phi) is 11.1. The van der Waals surface area contributed by atoms with Gasteiger partial charge >= 0.3 is 27.0 Å². The summed E-state index contributed by atoms with van der Waals surface area (Å²) in [5.41, 5.74) is 4.46. The van der Waals surface area contributed by atoms with Gasteiger partial charge in [-0.25, -0.2) is 23.7 Å². The molecule has 10 N–H and O–H groups in total. The number of hydrogen-bond acceptors (Lipinski definition) is 18. The van der Waals surface area contributed by atoms with Gasteiger partial charge in [-0.2, -0.15) is 14.3 Å². The minimum atomic E-state index is -5.56. The molecule has 278 valence electrons. The van der Waals surface area contributed by atoms with Gasteiger partial charge in [-0.05, 0) is 43.2 Å². The second kappa shape index (κ2) is 14.7. The third-order valence-electron chi connectivity index (χ3n) is 7.86. The fraction of sp³-hybridized carbons (Fsp3) is 0.462. The van der Waals surface area contributed by atoms with Crippen molar-refractivity contribution in [3.8, 4) is 11.5 Å². The summed E-state index contributed by atoms with van der Waals surface area (Å²) >= 11 is 0. The Bertz CT molecular complexity index is 2180. The van der Waals surface area contributed by atoms with Crippen LogP contribution in [0, 0.1) is 13.8 Å². The molecular weight excluding hydrogens is 728 g/mol. The first-order valence-electron chi connectivity index (χ1n) is 14.7. The number of aliphatic hydroxyl groups excluding tert-OH is 5. The topological polar surface area (TPSA) is 354 Å². The first kappa shape index (κ1) is 38.4. The molecule has 0 aliphatic carbocycles. The summed E-state index contributed by atoms with van der Waals surface area (Å²) in [5.74, 6) is -0.385. The summed E-state index contributed by atoms with van der Waals surface area (Å²) in [6, 6.07) is 4.48. The second-order valence-corrected chi connectivity index (χ2v) is 14.6. The molecule has 2 unspecified atom stereocenters. The predicted molar refractivity (Wildman–Crippen MR) is 170 cm³/mol. The highest BCUT2D eigenvalue weighted by atomic mass is 31.3.